The summed E-state index contributed by atoms with van der Waals surface area (Å²) < 4.78 is 0. The van der Waals surface area contributed by atoms with E-state index in [4.69, 9.17) is 5.11 Å². The van der Waals surface area contributed by atoms with Crippen LogP contribution < -0.4 is 0 Å². The summed E-state index contributed by atoms with van der Waals surface area (Å²) in [6, 6.07) is 0. The molecule has 0 aromatic rings. The van der Waals surface area contributed by atoms with E-state index in [2.05, 4.69) is 4.84 Å². The van der Waals surface area contributed by atoms with Crippen LogP contribution in [0, 0.1) is 10.1 Å². The van der Waals surface area contributed by atoms with Gasteiger partial charge in [-0.2, -0.15) is 0 Å². The zero-order valence-electron chi connectivity index (χ0n) is 6.36. The minimum absolute atomic E-state index is 0.165. The van der Waals surface area contributed by atoms with Crippen LogP contribution in [0.5, 0.6) is 0 Å². The molecule has 0 aromatic heterocycles. The van der Waals surface area contributed by atoms with Crippen molar-refractivity contribution in [3.8, 4) is 0 Å². The maximum absolute atomic E-state index is 9.63. The molecule has 0 aliphatic rings. The van der Waals surface area contributed by atoms with Gasteiger partial charge in [-0.05, 0) is 12.8 Å². The highest BCUT2D eigenvalue weighted by molar-refractivity contribution is 4.39. The molecule has 5 nitrogen and oxygen atoms in total. The van der Waals surface area contributed by atoms with Gasteiger partial charge >= 0.3 is 0 Å². The second-order valence-corrected chi connectivity index (χ2v) is 2.19. The van der Waals surface area contributed by atoms with E-state index in [1.54, 1.807) is 0 Å². The molecule has 0 fully saturated rings. The molecule has 0 unspecified atom stereocenters. The molecule has 0 saturated carbocycles. The summed E-state index contributed by atoms with van der Waals surface area (Å²) in [7, 11) is 0. The van der Waals surface area contributed by atoms with E-state index in [1.807, 2.05) is 0 Å². The minimum Gasteiger partial charge on any atom is -0.396 e. The first-order chi connectivity index (χ1) is 5.27. The Hall–Kier alpha value is -0.840. The van der Waals surface area contributed by atoms with Crippen LogP contribution in [0.3, 0.4) is 0 Å². The summed E-state index contributed by atoms with van der Waals surface area (Å²) in [5.74, 6) is 0. The van der Waals surface area contributed by atoms with Gasteiger partial charge in [-0.25, -0.2) is 0 Å². The van der Waals surface area contributed by atoms with Crippen LogP contribution in [0.1, 0.15) is 25.7 Å². The number of rotatable bonds is 7. The van der Waals surface area contributed by atoms with Gasteiger partial charge in [0.25, 0.3) is 5.09 Å². The van der Waals surface area contributed by atoms with Gasteiger partial charge in [0.15, 0.2) is 0 Å². The summed E-state index contributed by atoms with van der Waals surface area (Å²) in [4.78, 5) is 13.7. The predicted molar refractivity (Wildman–Crippen MR) is 38.5 cm³/mol. The third-order valence-corrected chi connectivity index (χ3v) is 1.25. The first-order valence-electron chi connectivity index (χ1n) is 3.65. The lowest BCUT2D eigenvalue weighted by atomic mass is 10.2. The highest BCUT2D eigenvalue weighted by atomic mass is 16.9. The van der Waals surface area contributed by atoms with Gasteiger partial charge in [0.1, 0.15) is 0 Å². The predicted octanol–water partition coefficient (Wildman–Crippen LogP) is 0.747. The highest BCUT2D eigenvalue weighted by Gasteiger charge is 1.93. The molecule has 0 radical (unpaired) electrons. The van der Waals surface area contributed by atoms with E-state index in [0.29, 0.717) is 6.42 Å². The summed E-state index contributed by atoms with van der Waals surface area (Å²) in [6.45, 7) is 0.356. The number of nitrogens with zero attached hydrogens (tertiary/aromatic N) is 1. The van der Waals surface area contributed by atoms with Crippen molar-refractivity contribution in [1.82, 2.24) is 0 Å². The highest BCUT2D eigenvalue weighted by Crippen LogP contribution is 1.98. The zero-order chi connectivity index (χ0) is 8.53. The summed E-state index contributed by atoms with van der Waals surface area (Å²) in [5.41, 5.74) is 0. The van der Waals surface area contributed by atoms with Crippen LogP contribution in [-0.4, -0.2) is 23.4 Å². The summed E-state index contributed by atoms with van der Waals surface area (Å²) in [6.07, 6.45) is 3.21. The van der Waals surface area contributed by atoms with Crippen molar-refractivity contribution in [3.05, 3.63) is 10.1 Å². The van der Waals surface area contributed by atoms with E-state index < -0.39 is 5.09 Å². The quantitative estimate of drug-likeness (QED) is 0.341. The van der Waals surface area contributed by atoms with E-state index >= 15 is 0 Å². The van der Waals surface area contributed by atoms with Crippen molar-refractivity contribution < 1.29 is 15.0 Å². The zero-order valence-corrected chi connectivity index (χ0v) is 6.36. The van der Waals surface area contributed by atoms with E-state index in [1.165, 1.54) is 0 Å². The van der Waals surface area contributed by atoms with E-state index in [9.17, 15) is 10.1 Å². The normalized spacial score (nSPS) is 9.55. The Bertz CT molecular complexity index is 107. The van der Waals surface area contributed by atoms with Crippen LogP contribution in [0.25, 0.3) is 0 Å². The topological polar surface area (TPSA) is 72.6 Å². The Kier molecular flexibility index (Phi) is 6.71. The molecule has 0 aliphatic carbocycles. The third-order valence-electron chi connectivity index (χ3n) is 1.25. The molecular weight excluding hydrogens is 150 g/mol. The molecule has 0 spiro atoms. The van der Waals surface area contributed by atoms with Crippen LogP contribution in [0.4, 0.5) is 0 Å². The smallest absolute Gasteiger partial charge is 0.294 e. The van der Waals surface area contributed by atoms with Gasteiger partial charge in [-0.1, -0.05) is 12.8 Å². The van der Waals surface area contributed by atoms with Crippen molar-refractivity contribution >= 4 is 0 Å². The van der Waals surface area contributed by atoms with Crippen molar-refractivity contribution in [2.75, 3.05) is 13.2 Å². The fourth-order valence-electron chi connectivity index (χ4n) is 0.707. The van der Waals surface area contributed by atoms with Gasteiger partial charge in [0, 0.05) is 6.61 Å². The molecule has 11 heavy (non-hydrogen) atoms. The van der Waals surface area contributed by atoms with Gasteiger partial charge in [-0.3, -0.25) is 0 Å². The molecule has 0 bridgehead atoms. The molecule has 0 aromatic carbocycles. The summed E-state index contributed by atoms with van der Waals surface area (Å²) in [5, 5.41) is 17.2. The molecule has 1 N–H and O–H groups in total. The molecule has 66 valence electrons. The molecule has 5 heteroatoms. The Morgan fingerprint density at radius 1 is 1.27 bits per heavy atom. The van der Waals surface area contributed by atoms with Crippen molar-refractivity contribution in [1.29, 1.82) is 0 Å². The number of hydrogen-bond acceptors (Lipinski definition) is 4. The lowest BCUT2D eigenvalue weighted by Gasteiger charge is -1.97. The number of unbranched alkanes of at least 4 members (excludes halogenated alkanes) is 3. The number of hydrogen-bond donors (Lipinski definition) is 1. The van der Waals surface area contributed by atoms with Crippen molar-refractivity contribution in [2.24, 2.45) is 0 Å². The van der Waals surface area contributed by atoms with Crippen molar-refractivity contribution in [3.63, 3.8) is 0 Å². The Morgan fingerprint density at radius 2 is 1.91 bits per heavy atom. The third kappa shape index (κ3) is 9.16. The molecule has 0 atom stereocenters. The van der Waals surface area contributed by atoms with Gasteiger partial charge in [0.2, 0.25) is 0 Å². The monoisotopic (exact) mass is 163 g/mol. The molecular formula is C6H13NO4. The Labute approximate surface area is 65.1 Å². The lowest BCUT2D eigenvalue weighted by molar-refractivity contribution is -0.757. The van der Waals surface area contributed by atoms with Crippen LogP contribution in [0.15, 0.2) is 0 Å². The van der Waals surface area contributed by atoms with Crippen molar-refractivity contribution in [2.45, 2.75) is 25.7 Å². The van der Waals surface area contributed by atoms with Crippen LogP contribution in [-0.2, 0) is 4.84 Å². The largest absolute Gasteiger partial charge is 0.396 e. The fraction of sp³-hybridized carbons (Fsp3) is 1.00. The Balaban J connectivity index is 2.85. The first-order valence-corrected chi connectivity index (χ1v) is 3.65. The molecule has 0 aliphatic heterocycles. The first kappa shape index (κ1) is 10.2. The summed E-state index contributed by atoms with van der Waals surface area (Å²) >= 11 is 0. The molecule has 0 heterocycles. The molecule has 0 rings (SSSR count). The number of aliphatic hydroxyl groups is 1. The van der Waals surface area contributed by atoms with E-state index in [0.717, 1.165) is 19.3 Å². The van der Waals surface area contributed by atoms with Gasteiger partial charge < -0.3 is 9.94 Å². The van der Waals surface area contributed by atoms with Gasteiger partial charge in [0.05, 0.1) is 6.61 Å². The molecule has 0 saturated heterocycles. The number of aliphatic hydroxyl groups excluding tert-OH is 1. The average Bonchev–Trinajstić information content (AvgIpc) is 1.96. The molecule has 0 amide bonds. The second-order valence-electron chi connectivity index (χ2n) is 2.19. The minimum atomic E-state index is -0.786. The van der Waals surface area contributed by atoms with Crippen LogP contribution in [0.2, 0.25) is 0 Å². The SMILES string of the molecule is O=[N+]([O-])OCCCCCCO. The Morgan fingerprint density at radius 3 is 2.45 bits per heavy atom. The van der Waals surface area contributed by atoms with E-state index in [-0.39, 0.29) is 13.2 Å². The second kappa shape index (κ2) is 7.27. The fourth-order valence-corrected chi connectivity index (χ4v) is 0.707. The standard InChI is InChI=1S/C6H13NO4/c8-5-3-1-2-4-6-11-7(9)10/h8H,1-6H2. The maximum Gasteiger partial charge on any atom is 0.294 e. The lowest BCUT2D eigenvalue weighted by Crippen LogP contribution is -2.01. The average molecular weight is 163 g/mol. The van der Waals surface area contributed by atoms with Gasteiger partial charge in [-0.15, -0.1) is 10.1 Å². The maximum atomic E-state index is 9.63. The van der Waals surface area contributed by atoms with Crippen LogP contribution >= 0.6 is 0 Å².